The van der Waals surface area contributed by atoms with Crippen LogP contribution in [0.15, 0.2) is 11.7 Å². The molecule has 0 unspecified atom stereocenters. The van der Waals surface area contributed by atoms with Crippen LogP contribution in [-0.4, -0.2) is 32.7 Å². The zero-order valence-electron chi connectivity index (χ0n) is 14.4. The predicted molar refractivity (Wildman–Crippen MR) is 95.0 cm³/mol. The van der Waals surface area contributed by atoms with Crippen molar-refractivity contribution in [2.75, 3.05) is 7.05 Å². The number of aryl methyl sites for hydroxylation is 2. The Bertz CT molecular complexity index is 693. The van der Waals surface area contributed by atoms with Gasteiger partial charge in [-0.1, -0.05) is 6.92 Å². The minimum atomic E-state index is -0.0724. The lowest BCUT2D eigenvalue weighted by Gasteiger charge is -2.18. The van der Waals surface area contributed by atoms with Crippen molar-refractivity contribution in [3.05, 3.63) is 33.5 Å². The minimum Gasteiger partial charge on any atom is -0.334 e. The van der Waals surface area contributed by atoms with Crippen LogP contribution in [-0.2, 0) is 32.5 Å². The number of rotatable bonds is 6. The second-order valence-corrected chi connectivity index (χ2v) is 7.29. The number of amides is 2. The number of carbonyl (C=O) groups excluding carboxylic acids is 1. The molecule has 1 aliphatic carbocycles. The predicted octanol–water partition coefficient (Wildman–Crippen LogP) is 2.97. The van der Waals surface area contributed by atoms with Crippen LogP contribution in [0.3, 0.4) is 0 Å². The molecule has 0 spiro atoms. The highest BCUT2D eigenvalue weighted by Gasteiger charge is 2.17. The Kier molecular flexibility index (Phi) is 5.50. The van der Waals surface area contributed by atoms with Gasteiger partial charge in [-0.15, -0.1) is 21.5 Å². The Morgan fingerprint density at radius 2 is 2.25 bits per heavy atom. The van der Waals surface area contributed by atoms with Gasteiger partial charge in [0.1, 0.15) is 6.33 Å². The van der Waals surface area contributed by atoms with Gasteiger partial charge in [-0.05, 0) is 48.6 Å². The van der Waals surface area contributed by atoms with Crippen molar-refractivity contribution >= 4 is 17.4 Å². The first-order valence-electron chi connectivity index (χ1n) is 8.62. The Morgan fingerprint density at radius 1 is 1.42 bits per heavy atom. The molecule has 0 radical (unpaired) electrons. The van der Waals surface area contributed by atoms with Crippen LogP contribution in [0.4, 0.5) is 4.79 Å². The van der Waals surface area contributed by atoms with Gasteiger partial charge < -0.3 is 14.8 Å². The Labute approximate surface area is 146 Å². The van der Waals surface area contributed by atoms with E-state index in [-0.39, 0.29) is 6.03 Å². The molecule has 0 aromatic carbocycles. The molecule has 6 nitrogen and oxygen atoms in total. The molecular formula is C17H25N5OS. The van der Waals surface area contributed by atoms with Crippen LogP contribution in [0.25, 0.3) is 0 Å². The molecule has 24 heavy (non-hydrogen) atoms. The lowest BCUT2D eigenvalue weighted by atomic mass is 9.96. The summed E-state index contributed by atoms with van der Waals surface area (Å²) in [5, 5.41) is 13.3. The van der Waals surface area contributed by atoms with Gasteiger partial charge in [0.25, 0.3) is 0 Å². The monoisotopic (exact) mass is 347 g/mol. The van der Waals surface area contributed by atoms with Crippen LogP contribution >= 0.6 is 11.3 Å². The van der Waals surface area contributed by atoms with Gasteiger partial charge in [0.2, 0.25) is 0 Å². The molecule has 0 fully saturated rings. The first kappa shape index (κ1) is 17.0. The highest BCUT2D eigenvalue weighted by Crippen LogP contribution is 2.30. The summed E-state index contributed by atoms with van der Waals surface area (Å²) in [4.78, 5) is 15.5. The van der Waals surface area contributed by atoms with Crippen LogP contribution in [0, 0.1) is 0 Å². The van der Waals surface area contributed by atoms with E-state index in [0.29, 0.717) is 13.1 Å². The molecule has 2 aromatic rings. The van der Waals surface area contributed by atoms with Crippen molar-refractivity contribution in [2.45, 2.75) is 58.7 Å². The molecule has 1 aliphatic rings. The molecule has 0 saturated carbocycles. The van der Waals surface area contributed by atoms with E-state index in [1.54, 1.807) is 18.3 Å². The molecule has 130 valence electrons. The van der Waals surface area contributed by atoms with Gasteiger partial charge in [0, 0.05) is 25.0 Å². The molecule has 0 bridgehead atoms. The van der Waals surface area contributed by atoms with E-state index >= 15 is 0 Å². The Balaban J connectivity index is 1.55. The van der Waals surface area contributed by atoms with E-state index in [9.17, 15) is 4.79 Å². The fourth-order valence-corrected chi connectivity index (χ4v) is 4.28. The summed E-state index contributed by atoms with van der Waals surface area (Å²) in [7, 11) is 1.80. The highest BCUT2D eigenvalue weighted by molar-refractivity contribution is 7.10. The van der Waals surface area contributed by atoms with Gasteiger partial charge >= 0.3 is 6.03 Å². The smallest absolute Gasteiger partial charge is 0.317 e. The summed E-state index contributed by atoms with van der Waals surface area (Å²) in [5.74, 6) is 0.822. The minimum absolute atomic E-state index is 0.0724. The van der Waals surface area contributed by atoms with E-state index in [1.165, 1.54) is 35.3 Å². The Morgan fingerprint density at radius 3 is 3.08 bits per heavy atom. The van der Waals surface area contributed by atoms with Crippen LogP contribution in [0.2, 0.25) is 0 Å². The second-order valence-electron chi connectivity index (χ2n) is 6.33. The summed E-state index contributed by atoms with van der Waals surface area (Å²) in [6.45, 7) is 4.06. The quantitative estimate of drug-likeness (QED) is 0.874. The average Bonchev–Trinajstić information content (AvgIpc) is 3.20. The van der Waals surface area contributed by atoms with Gasteiger partial charge in [0.15, 0.2) is 5.82 Å². The fourth-order valence-electron chi connectivity index (χ4n) is 3.13. The second kappa shape index (κ2) is 7.79. The molecular weight excluding hydrogens is 322 g/mol. The summed E-state index contributed by atoms with van der Waals surface area (Å²) < 4.78 is 2.00. The number of nitrogens with one attached hydrogen (secondary N) is 1. The number of hydrogen-bond donors (Lipinski definition) is 1. The number of urea groups is 1. The number of aromatic nitrogens is 3. The molecule has 1 N–H and O–H groups in total. The molecule has 2 aromatic heterocycles. The van der Waals surface area contributed by atoms with Crippen molar-refractivity contribution in [1.82, 2.24) is 25.0 Å². The van der Waals surface area contributed by atoms with Gasteiger partial charge in [0.05, 0.1) is 6.54 Å². The SMILES string of the molecule is CCCn1cnnc1CN(C)C(=O)NCc1csc2c1CCCC2. The zero-order valence-corrected chi connectivity index (χ0v) is 15.2. The number of fused-ring (bicyclic) bond motifs is 1. The fraction of sp³-hybridized carbons (Fsp3) is 0.588. The number of hydrogen-bond acceptors (Lipinski definition) is 4. The maximum atomic E-state index is 12.4. The third-order valence-corrected chi connectivity index (χ3v) is 5.60. The van der Waals surface area contributed by atoms with Gasteiger partial charge in [-0.2, -0.15) is 0 Å². The number of nitrogens with zero attached hydrogens (tertiary/aromatic N) is 4. The average molecular weight is 347 g/mol. The van der Waals surface area contributed by atoms with E-state index < -0.39 is 0 Å². The maximum Gasteiger partial charge on any atom is 0.317 e. The first-order valence-corrected chi connectivity index (χ1v) is 9.50. The Hall–Kier alpha value is -1.89. The van der Waals surface area contributed by atoms with Gasteiger partial charge in [-0.25, -0.2) is 4.79 Å². The molecule has 0 aliphatic heterocycles. The zero-order chi connectivity index (χ0) is 16.9. The van der Waals surface area contributed by atoms with Crippen molar-refractivity contribution < 1.29 is 4.79 Å². The summed E-state index contributed by atoms with van der Waals surface area (Å²) in [6.07, 6.45) is 7.64. The van der Waals surface area contributed by atoms with Gasteiger partial charge in [-0.3, -0.25) is 0 Å². The third-order valence-electron chi connectivity index (χ3n) is 4.46. The van der Waals surface area contributed by atoms with Crippen LogP contribution in [0.1, 0.15) is 48.0 Å². The molecule has 0 saturated heterocycles. The molecule has 7 heteroatoms. The molecule has 0 atom stereocenters. The molecule has 3 rings (SSSR count). The van der Waals surface area contributed by atoms with Crippen molar-refractivity contribution in [3.8, 4) is 0 Å². The topological polar surface area (TPSA) is 63.1 Å². The lowest BCUT2D eigenvalue weighted by molar-refractivity contribution is 0.204. The van der Waals surface area contributed by atoms with E-state index in [2.05, 4.69) is 27.8 Å². The standard InChI is InChI=1S/C17H25N5OS/c1-3-8-22-12-19-20-16(22)10-21(2)17(23)18-9-13-11-24-15-7-5-4-6-14(13)15/h11-12H,3-10H2,1-2H3,(H,18,23). The largest absolute Gasteiger partial charge is 0.334 e. The van der Waals surface area contributed by atoms with Crippen molar-refractivity contribution in [1.29, 1.82) is 0 Å². The lowest BCUT2D eigenvalue weighted by Crippen LogP contribution is -2.37. The number of carbonyl (C=O) groups is 1. The first-order chi connectivity index (χ1) is 11.7. The summed E-state index contributed by atoms with van der Waals surface area (Å²) in [6, 6.07) is -0.0724. The summed E-state index contributed by atoms with van der Waals surface area (Å²) in [5.41, 5.74) is 2.75. The molecule has 2 heterocycles. The molecule has 2 amide bonds. The van der Waals surface area contributed by atoms with Crippen LogP contribution in [0.5, 0.6) is 0 Å². The number of thiophene rings is 1. The highest BCUT2D eigenvalue weighted by atomic mass is 32.1. The third kappa shape index (κ3) is 3.77. The maximum absolute atomic E-state index is 12.4. The normalized spacial score (nSPS) is 13.6. The van der Waals surface area contributed by atoms with Crippen LogP contribution < -0.4 is 5.32 Å². The van der Waals surface area contributed by atoms with E-state index in [0.717, 1.165) is 25.2 Å². The van der Waals surface area contributed by atoms with E-state index in [1.807, 2.05) is 15.9 Å². The van der Waals surface area contributed by atoms with Crippen molar-refractivity contribution in [3.63, 3.8) is 0 Å². The van der Waals surface area contributed by atoms with E-state index in [4.69, 9.17) is 0 Å². The summed E-state index contributed by atoms with van der Waals surface area (Å²) >= 11 is 1.84. The van der Waals surface area contributed by atoms with Crippen molar-refractivity contribution in [2.24, 2.45) is 0 Å².